The van der Waals surface area contributed by atoms with E-state index in [4.69, 9.17) is 9.63 Å². The molecule has 0 aliphatic rings. The summed E-state index contributed by atoms with van der Waals surface area (Å²) >= 11 is 0. The van der Waals surface area contributed by atoms with Crippen LogP contribution in [0.25, 0.3) is 11.5 Å². The number of unbranched alkanes of at least 4 members (excludes halogenated alkanes) is 1. The topological polar surface area (TPSA) is 92.0 Å². The third kappa shape index (κ3) is 3.17. The van der Waals surface area contributed by atoms with Crippen molar-refractivity contribution in [2.24, 2.45) is 0 Å². The van der Waals surface area contributed by atoms with Gasteiger partial charge in [0.2, 0.25) is 11.7 Å². The number of nitrogens with one attached hydrogen (secondary N) is 1. The van der Waals surface area contributed by atoms with Gasteiger partial charge in [-0.15, -0.1) is 0 Å². The first-order valence-corrected chi connectivity index (χ1v) is 5.44. The first-order chi connectivity index (χ1) is 8.25. The summed E-state index contributed by atoms with van der Waals surface area (Å²) in [6.07, 6.45) is 3.94. The van der Waals surface area contributed by atoms with E-state index in [9.17, 15) is 4.79 Å². The molecule has 0 spiro atoms. The number of rotatable bonds is 6. The number of aliphatic carboxylic acids is 1. The summed E-state index contributed by atoms with van der Waals surface area (Å²) in [6, 6.07) is 3.72. The van der Waals surface area contributed by atoms with Gasteiger partial charge in [0.05, 0.1) is 5.69 Å². The van der Waals surface area contributed by atoms with Gasteiger partial charge in [-0.25, -0.2) is 0 Å². The van der Waals surface area contributed by atoms with Gasteiger partial charge in [0.15, 0.2) is 0 Å². The lowest BCUT2D eigenvalue weighted by Gasteiger charge is -1.93. The Morgan fingerprint density at radius 2 is 2.35 bits per heavy atom. The average Bonchev–Trinajstić information content (AvgIpc) is 2.94. The second-order valence-electron chi connectivity index (χ2n) is 3.70. The maximum absolute atomic E-state index is 10.3. The van der Waals surface area contributed by atoms with Gasteiger partial charge >= 0.3 is 5.97 Å². The van der Waals surface area contributed by atoms with Crippen LogP contribution < -0.4 is 0 Å². The molecule has 0 aromatic carbocycles. The average molecular weight is 235 g/mol. The maximum Gasteiger partial charge on any atom is 0.303 e. The van der Waals surface area contributed by atoms with E-state index in [1.165, 1.54) is 0 Å². The number of aromatic nitrogens is 3. The third-order valence-electron chi connectivity index (χ3n) is 2.34. The van der Waals surface area contributed by atoms with Crippen molar-refractivity contribution in [3.8, 4) is 11.5 Å². The Kier molecular flexibility index (Phi) is 3.54. The minimum absolute atomic E-state index is 0.178. The number of aromatic amines is 1. The van der Waals surface area contributed by atoms with Crippen LogP contribution in [-0.2, 0) is 11.2 Å². The second-order valence-corrected chi connectivity index (χ2v) is 3.70. The number of carboxylic acids is 1. The molecule has 2 rings (SSSR count). The quantitative estimate of drug-likeness (QED) is 0.745. The summed E-state index contributed by atoms with van der Waals surface area (Å²) in [6.45, 7) is 0. The molecule has 0 saturated carbocycles. The van der Waals surface area contributed by atoms with Gasteiger partial charge in [0.1, 0.15) is 0 Å². The van der Waals surface area contributed by atoms with Crippen molar-refractivity contribution in [1.82, 2.24) is 15.1 Å². The smallest absolute Gasteiger partial charge is 0.303 e. The van der Waals surface area contributed by atoms with Crippen LogP contribution in [0.5, 0.6) is 0 Å². The normalized spacial score (nSPS) is 10.6. The number of carbonyl (C=O) groups is 1. The van der Waals surface area contributed by atoms with Crippen LogP contribution in [0.3, 0.4) is 0 Å². The van der Waals surface area contributed by atoms with E-state index in [2.05, 4.69) is 15.1 Å². The molecule has 0 radical (unpaired) electrons. The number of nitrogens with zero attached hydrogens (tertiary/aromatic N) is 2. The standard InChI is InChI=1S/C11H13N3O3/c15-10(16)6-2-1-5-9-13-11(14-17-9)8-4-3-7-12-8/h3-4,7,12H,1-2,5-6H2,(H,15,16). The summed E-state index contributed by atoms with van der Waals surface area (Å²) < 4.78 is 5.07. The lowest BCUT2D eigenvalue weighted by atomic mass is 10.2. The van der Waals surface area contributed by atoms with Crippen molar-refractivity contribution in [2.45, 2.75) is 25.7 Å². The predicted molar refractivity (Wildman–Crippen MR) is 59.3 cm³/mol. The van der Waals surface area contributed by atoms with Crippen LogP contribution in [0, 0.1) is 0 Å². The van der Waals surface area contributed by atoms with Gasteiger partial charge < -0.3 is 14.6 Å². The first-order valence-electron chi connectivity index (χ1n) is 5.44. The van der Waals surface area contributed by atoms with Gasteiger partial charge in [0, 0.05) is 19.0 Å². The summed E-state index contributed by atoms with van der Waals surface area (Å²) in [5.74, 6) is 0.297. The van der Waals surface area contributed by atoms with Gasteiger partial charge in [-0.2, -0.15) is 4.98 Å². The molecular weight excluding hydrogens is 222 g/mol. The monoisotopic (exact) mass is 235 g/mol. The summed E-state index contributed by atoms with van der Waals surface area (Å²) in [4.78, 5) is 17.5. The van der Waals surface area contributed by atoms with E-state index in [0.717, 1.165) is 12.1 Å². The number of H-pyrrole nitrogens is 1. The van der Waals surface area contributed by atoms with Crippen molar-refractivity contribution < 1.29 is 14.4 Å². The van der Waals surface area contributed by atoms with E-state index in [1.807, 2.05) is 12.1 Å². The Morgan fingerprint density at radius 1 is 1.47 bits per heavy atom. The molecule has 2 aromatic rings. The molecule has 2 N–H and O–H groups in total. The van der Waals surface area contributed by atoms with Gasteiger partial charge in [-0.3, -0.25) is 4.79 Å². The Hall–Kier alpha value is -2.11. The molecule has 90 valence electrons. The molecule has 0 unspecified atom stereocenters. The number of carboxylic acid groups (broad SMARTS) is 1. The molecule has 17 heavy (non-hydrogen) atoms. The fraction of sp³-hybridized carbons (Fsp3) is 0.364. The van der Waals surface area contributed by atoms with Crippen molar-refractivity contribution in [1.29, 1.82) is 0 Å². The van der Waals surface area contributed by atoms with Gasteiger partial charge in [0.25, 0.3) is 0 Å². The largest absolute Gasteiger partial charge is 0.481 e. The Morgan fingerprint density at radius 3 is 3.06 bits per heavy atom. The number of aryl methyl sites for hydroxylation is 1. The molecule has 0 amide bonds. The molecule has 0 saturated heterocycles. The first kappa shape index (κ1) is 11.4. The molecule has 6 nitrogen and oxygen atoms in total. The fourth-order valence-electron chi connectivity index (χ4n) is 1.49. The van der Waals surface area contributed by atoms with Crippen LogP contribution in [0.1, 0.15) is 25.2 Å². The molecule has 2 heterocycles. The van der Waals surface area contributed by atoms with Crippen LogP contribution in [0.4, 0.5) is 0 Å². The second kappa shape index (κ2) is 5.29. The van der Waals surface area contributed by atoms with Crippen molar-refractivity contribution in [2.75, 3.05) is 0 Å². The Balaban J connectivity index is 1.84. The summed E-state index contributed by atoms with van der Waals surface area (Å²) in [7, 11) is 0. The number of hydrogen-bond donors (Lipinski definition) is 2. The molecule has 0 bridgehead atoms. The Labute approximate surface area is 97.7 Å². The van der Waals surface area contributed by atoms with Crippen LogP contribution >= 0.6 is 0 Å². The molecule has 6 heteroatoms. The highest BCUT2D eigenvalue weighted by molar-refractivity contribution is 5.66. The lowest BCUT2D eigenvalue weighted by molar-refractivity contribution is -0.137. The molecule has 0 aliphatic carbocycles. The van der Waals surface area contributed by atoms with E-state index in [-0.39, 0.29) is 6.42 Å². The highest BCUT2D eigenvalue weighted by atomic mass is 16.5. The van der Waals surface area contributed by atoms with E-state index in [1.54, 1.807) is 6.20 Å². The minimum Gasteiger partial charge on any atom is -0.481 e. The van der Waals surface area contributed by atoms with E-state index in [0.29, 0.717) is 24.6 Å². The number of hydrogen-bond acceptors (Lipinski definition) is 4. The highest BCUT2D eigenvalue weighted by Crippen LogP contribution is 2.13. The van der Waals surface area contributed by atoms with Crippen LogP contribution in [0.15, 0.2) is 22.9 Å². The van der Waals surface area contributed by atoms with Crippen LogP contribution in [0.2, 0.25) is 0 Å². The zero-order valence-corrected chi connectivity index (χ0v) is 9.22. The van der Waals surface area contributed by atoms with Crippen molar-refractivity contribution >= 4 is 5.97 Å². The maximum atomic E-state index is 10.3. The summed E-state index contributed by atoms with van der Waals surface area (Å²) in [5.41, 5.74) is 0.811. The molecule has 0 fully saturated rings. The van der Waals surface area contributed by atoms with Gasteiger partial charge in [-0.05, 0) is 25.0 Å². The van der Waals surface area contributed by atoms with E-state index < -0.39 is 5.97 Å². The molecular formula is C11H13N3O3. The zero-order valence-electron chi connectivity index (χ0n) is 9.22. The summed E-state index contributed by atoms with van der Waals surface area (Å²) in [5, 5.41) is 12.3. The van der Waals surface area contributed by atoms with E-state index >= 15 is 0 Å². The third-order valence-corrected chi connectivity index (χ3v) is 2.34. The Bertz CT molecular complexity index is 476. The van der Waals surface area contributed by atoms with Gasteiger partial charge in [-0.1, -0.05) is 5.16 Å². The predicted octanol–water partition coefficient (Wildman–Crippen LogP) is 1.86. The minimum atomic E-state index is -0.775. The molecule has 0 aliphatic heterocycles. The molecule has 2 aromatic heterocycles. The van der Waals surface area contributed by atoms with Crippen LogP contribution in [-0.4, -0.2) is 26.2 Å². The van der Waals surface area contributed by atoms with Crippen molar-refractivity contribution in [3.05, 3.63) is 24.2 Å². The SMILES string of the molecule is O=C(O)CCCCc1nc(-c2ccc[nH]2)no1. The van der Waals surface area contributed by atoms with Crippen molar-refractivity contribution in [3.63, 3.8) is 0 Å². The zero-order chi connectivity index (χ0) is 12.1. The lowest BCUT2D eigenvalue weighted by Crippen LogP contribution is -1.95. The highest BCUT2D eigenvalue weighted by Gasteiger charge is 2.08. The fourth-order valence-corrected chi connectivity index (χ4v) is 1.49. The molecule has 0 atom stereocenters.